The first-order chi connectivity index (χ1) is 8.09. The predicted molar refractivity (Wildman–Crippen MR) is 67.7 cm³/mol. The predicted octanol–water partition coefficient (Wildman–Crippen LogP) is -0.190. The summed E-state index contributed by atoms with van der Waals surface area (Å²) < 4.78 is 5.16. The molecule has 0 bridgehead atoms. The van der Waals surface area contributed by atoms with E-state index in [-0.39, 0.29) is 11.3 Å². The Labute approximate surface area is 104 Å². The summed E-state index contributed by atoms with van der Waals surface area (Å²) >= 11 is 0. The smallest absolute Gasteiger partial charge is 0.234 e. The zero-order chi connectivity index (χ0) is 12.7. The summed E-state index contributed by atoms with van der Waals surface area (Å²) in [6, 6.07) is 0. The number of nitrogens with one attached hydrogen (secondary N) is 1. The first-order valence-corrected chi connectivity index (χ1v) is 6.36. The van der Waals surface area contributed by atoms with Crippen molar-refractivity contribution < 1.29 is 9.53 Å². The van der Waals surface area contributed by atoms with Gasteiger partial charge in [0.25, 0.3) is 0 Å². The quantitative estimate of drug-likeness (QED) is 0.608. The third-order valence-corrected chi connectivity index (χ3v) is 3.27. The summed E-state index contributed by atoms with van der Waals surface area (Å²) in [5, 5.41) is 2.85. The minimum Gasteiger partial charge on any atom is -0.380 e. The molecule has 1 aliphatic rings. The van der Waals surface area contributed by atoms with Gasteiger partial charge in [-0.25, -0.2) is 0 Å². The lowest BCUT2D eigenvalue weighted by molar-refractivity contribution is -0.122. The van der Waals surface area contributed by atoms with Crippen molar-refractivity contribution in [3.63, 3.8) is 0 Å². The van der Waals surface area contributed by atoms with Crippen molar-refractivity contribution in [2.24, 2.45) is 11.1 Å². The number of nitrogens with zero attached hydrogens (tertiary/aromatic N) is 1. The Hall–Kier alpha value is -0.650. The number of likely N-dealkylation sites (tertiary alicyclic amines) is 1. The van der Waals surface area contributed by atoms with Gasteiger partial charge in [-0.1, -0.05) is 6.92 Å². The van der Waals surface area contributed by atoms with E-state index in [9.17, 15) is 4.79 Å². The molecule has 1 heterocycles. The van der Waals surface area contributed by atoms with Crippen LogP contribution in [0.25, 0.3) is 0 Å². The van der Waals surface area contributed by atoms with Crippen LogP contribution in [-0.2, 0) is 9.53 Å². The standard InChI is InChI=1S/C12H25N3O2/c1-3-17-7-5-14-11(16)8-15-6-4-12(2,9-13)10-15/h3-10,13H2,1-2H3,(H,14,16). The van der Waals surface area contributed by atoms with Crippen LogP contribution in [0.3, 0.4) is 0 Å². The molecule has 100 valence electrons. The fraction of sp³-hybridized carbons (Fsp3) is 0.917. The number of amides is 1. The van der Waals surface area contributed by atoms with Crippen LogP contribution in [0.5, 0.6) is 0 Å². The zero-order valence-corrected chi connectivity index (χ0v) is 11.0. The second-order valence-corrected chi connectivity index (χ2v) is 5.02. The highest BCUT2D eigenvalue weighted by Gasteiger charge is 2.32. The molecule has 5 nitrogen and oxygen atoms in total. The van der Waals surface area contributed by atoms with Crippen LogP contribution in [0.2, 0.25) is 0 Å². The van der Waals surface area contributed by atoms with Gasteiger partial charge < -0.3 is 15.8 Å². The third-order valence-electron chi connectivity index (χ3n) is 3.27. The molecule has 0 spiro atoms. The van der Waals surface area contributed by atoms with Crippen molar-refractivity contribution >= 4 is 5.91 Å². The van der Waals surface area contributed by atoms with Gasteiger partial charge in [0.05, 0.1) is 13.2 Å². The Bertz CT molecular complexity index is 248. The van der Waals surface area contributed by atoms with E-state index in [1.165, 1.54) is 0 Å². The second kappa shape index (κ2) is 6.93. The van der Waals surface area contributed by atoms with Crippen LogP contribution in [0.1, 0.15) is 20.3 Å². The molecule has 1 amide bonds. The molecule has 0 aromatic rings. The van der Waals surface area contributed by atoms with E-state index >= 15 is 0 Å². The van der Waals surface area contributed by atoms with E-state index in [4.69, 9.17) is 10.5 Å². The molecular formula is C12H25N3O2. The first-order valence-electron chi connectivity index (χ1n) is 6.36. The average Bonchev–Trinajstić information content (AvgIpc) is 2.67. The lowest BCUT2D eigenvalue weighted by atomic mass is 9.90. The maximum atomic E-state index is 11.6. The monoisotopic (exact) mass is 243 g/mol. The number of nitrogens with two attached hydrogens (primary N) is 1. The van der Waals surface area contributed by atoms with Crippen LogP contribution >= 0.6 is 0 Å². The number of carbonyl (C=O) groups excluding carboxylic acids is 1. The molecule has 17 heavy (non-hydrogen) atoms. The zero-order valence-electron chi connectivity index (χ0n) is 11.0. The highest BCUT2D eigenvalue weighted by atomic mass is 16.5. The number of hydrogen-bond donors (Lipinski definition) is 2. The van der Waals surface area contributed by atoms with Gasteiger partial charge in [0.2, 0.25) is 5.91 Å². The average molecular weight is 243 g/mol. The summed E-state index contributed by atoms with van der Waals surface area (Å²) in [5.41, 5.74) is 5.92. The maximum absolute atomic E-state index is 11.6. The lowest BCUT2D eigenvalue weighted by Gasteiger charge is -2.22. The molecule has 5 heteroatoms. The number of ether oxygens (including phenoxy) is 1. The second-order valence-electron chi connectivity index (χ2n) is 5.02. The molecule has 1 atom stereocenters. The topological polar surface area (TPSA) is 67.6 Å². The number of rotatable bonds is 7. The van der Waals surface area contributed by atoms with Crippen molar-refractivity contribution in [1.82, 2.24) is 10.2 Å². The van der Waals surface area contributed by atoms with E-state index in [0.717, 1.165) is 19.5 Å². The summed E-state index contributed by atoms with van der Waals surface area (Å²) in [6.45, 7) is 9.04. The minimum atomic E-state index is 0.0750. The molecule has 1 fully saturated rings. The molecule has 1 saturated heterocycles. The number of hydrogen-bond acceptors (Lipinski definition) is 4. The van der Waals surface area contributed by atoms with Crippen LogP contribution in [0, 0.1) is 5.41 Å². The SMILES string of the molecule is CCOCCNC(=O)CN1CCC(C)(CN)C1. The van der Waals surface area contributed by atoms with Gasteiger partial charge in [-0.2, -0.15) is 0 Å². The van der Waals surface area contributed by atoms with Crippen molar-refractivity contribution in [2.75, 3.05) is 45.9 Å². The summed E-state index contributed by atoms with van der Waals surface area (Å²) in [4.78, 5) is 13.8. The van der Waals surface area contributed by atoms with Gasteiger partial charge >= 0.3 is 0 Å². The van der Waals surface area contributed by atoms with Crippen LogP contribution in [0.15, 0.2) is 0 Å². The molecule has 1 aliphatic heterocycles. The van der Waals surface area contributed by atoms with E-state index < -0.39 is 0 Å². The van der Waals surface area contributed by atoms with E-state index in [1.807, 2.05) is 6.92 Å². The van der Waals surface area contributed by atoms with E-state index in [0.29, 0.717) is 32.8 Å². The Kier molecular flexibility index (Phi) is 5.88. The molecule has 0 aromatic carbocycles. The van der Waals surface area contributed by atoms with Gasteiger partial charge in [-0.15, -0.1) is 0 Å². The van der Waals surface area contributed by atoms with E-state index in [2.05, 4.69) is 17.1 Å². The Balaban J connectivity index is 2.15. The highest BCUT2D eigenvalue weighted by molar-refractivity contribution is 5.78. The fourth-order valence-electron chi connectivity index (χ4n) is 2.09. The fourth-order valence-corrected chi connectivity index (χ4v) is 2.09. The molecule has 0 aliphatic carbocycles. The molecule has 0 radical (unpaired) electrons. The summed E-state index contributed by atoms with van der Waals surface area (Å²) in [6.07, 6.45) is 1.08. The van der Waals surface area contributed by atoms with Gasteiger partial charge in [0.1, 0.15) is 0 Å². The molecular weight excluding hydrogens is 218 g/mol. The Morgan fingerprint density at radius 2 is 2.35 bits per heavy atom. The summed E-state index contributed by atoms with van der Waals surface area (Å²) in [7, 11) is 0. The van der Waals surface area contributed by atoms with Crippen LogP contribution in [-0.4, -0.2) is 56.7 Å². The highest BCUT2D eigenvalue weighted by Crippen LogP contribution is 2.27. The first kappa shape index (κ1) is 14.4. The van der Waals surface area contributed by atoms with Crippen LogP contribution < -0.4 is 11.1 Å². The Morgan fingerprint density at radius 1 is 1.59 bits per heavy atom. The van der Waals surface area contributed by atoms with Gasteiger partial charge in [0.15, 0.2) is 0 Å². The summed E-state index contributed by atoms with van der Waals surface area (Å²) in [5.74, 6) is 0.0750. The minimum absolute atomic E-state index is 0.0750. The Morgan fingerprint density at radius 3 is 2.94 bits per heavy atom. The van der Waals surface area contributed by atoms with Gasteiger partial charge in [-0.3, -0.25) is 9.69 Å². The van der Waals surface area contributed by atoms with Crippen molar-refractivity contribution in [3.8, 4) is 0 Å². The maximum Gasteiger partial charge on any atom is 0.234 e. The molecule has 1 rings (SSSR count). The molecule has 1 unspecified atom stereocenters. The molecule has 0 aromatic heterocycles. The third kappa shape index (κ3) is 5.02. The van der Waals surface area contributed by atoms with Gasteiger partial charge in [0, 0.05) is 19.7 Å². The molecule has 0 saturated carbocycles. The van der Waals surface area contributed by atoms with Crippen LogP contribution in [0.4, 0.5) is 0 Å². The van der Waals surface area contributed by atoms with E-state index in [1.54, 1.807) is 0 Å². The van der Waals surface area contributed by atoms with Crippen molar-refractivity contribution in [2.45, 2.75) is 20.3 Å². The largest absolute Gasteiger partial charge is 0.380 e. The van der Waals surface area contributed by atoms with Crippen molar-refractivity contribution in [3.05, 3.63) is 0 Å². The number of carbonyl (C=O) groups is 1. The lowest BCUT2D eigenvalue weighted by Crippen LogP contribution is -2.39. The normalized spacial score (nSPS) is 25.1. The van der Waals surface area contributed by atoms with Gasteiger partial charge in [-0.05, 0) is 31.8 Å². The molecule has 3 N–H and O–H groups in total. The van der Waals surface area contributed by atoms with Crippen molar-refractivity contribution in [1.29, 1.82) is 0 Å².